The highest BCUT2D eigenvalue weighted by Gasteiger charge is 2.19. The van der Waals surface area contributed by atoms with Crippen LogP contribution in [0.4, 0.5) is 5.69 Å². The molecule has 17 heavy (non-hydrogen) atoms. The summed E-state index contributed by atoms with van der Waals surface area (Å²) in [6.45, 7) is 6.03. The molecule has 0 heterocycles. The van der Waals surface area contributed by atoms with Gasteiger partial charge in [0.1, 0.15) is 5.75 Å². The monoisotopic (exact) mass is 258 g/mol. The second-order valence-corrected chi connectivity index (χ2v) is 5.31. The van der Waals surface area contributed by atoms with Crippen LogP contribution in [0.1, 0.15) is 19.4 Å². The van der Waals surface area contributed by atoms with Gasteiger partial charge in [-0.15, -0.1) is 0 Å². The lowest BCUT2D eigenvalue weighted by atomic mass is 10.2. The fourth-order valence-corrected chi connectivity index (χ4v) is 2.81. The van der Waals surface area contributed by atoms with Crippen LogP contribution in [-0.4, -0.2) is 30.9 Å². The highest BCUT2D eigenvalue weighted by Crippen LogP contribution is 2.25. The Morgan fingerprint density at radius 3 is 2.41 bits per heavy atom. The molecule has 0 spiro atoms. The molecule has 96 valence electrons. The Kier molecular flexibility index (Phi) is 4.36. The number of nitrogens with one attached hydrogen (secondary N) is 1. The number of phenolic OH excluding ortho intramolecular Hbond substituents is 1. The number of rotatable bonds is 5. The summed E-state index contributed by atoms with van der Waals surface area (Å²) in [7, 11) is -3.54. The van der Waals surface area contributed by atoms with Crippen molar-refractivity contribution in [3.8, 4) is 5.75 Å². The van der Waals surface area contributed by atoms with Gasteiger partial charge in [-0.25, -0.2) is 0 Å². The lowest BCUT2D eigenvalue weighted by Crippen LogP contribution is -2.35. The smallest absolute Gasteiger partial charge is 0.301 e. The third-order valence-electron chi connectivity index (χ3n) is 2.59. The summed E-state index contributed by atoms with van der Waals surface area (Å²) in [5.74, 6) is 0.0738. The summed E-state index contributed by atoms with van der Waals surface area (Å²) in [6, 6.07) is 4.74. The minimum absolute atomic E-state index is 0.0738. The number of anilines is 1. The summed E-state index contributed by atoms with van der Waals surface area (Å²) in [6.07, 6.45) is 0. The minimum Gasteiger partial charge on any atom is -0.508 e. The van der Waals surface area contributed by atoms with Crippen molar-refractivity contribution in [1.82, 2.24) is 4.31 Å². The van der Waals surface area contributed by atoms with E-state index in [1.54, 1.807) is 32.9 Å². The van der Waals surface area contributed by atoms with Gasteiger partial charge in [-0.05, 0) is 19.1 Å². The number of aromatic hydroxyl groups is 1. The van der Waals surface area contributed by atoms with E-state index in [4.69, 9.17) is 0 Å². The molecule has 1 aromatic carbocycles. The Balaban J connectivity index is 3.02. The van der Waals surface area contributed by atoms with E-state index in [-0.39, 0.29) is 5.75 Å². The third-order valence-corrected chi connectivity index (χ3v) is 4.26. The predicted octanol–water partition coefficient (Wildman–Crippen LogP) is 1.70. The van der Waals surface area contributed by atoms with Crippen LogP contribution in [0.5, 0.6) is 5.75 Å². The van der Waals surface area contributed by atoms with Gasteiger partial charge in [-0.1, -0.05) is 19.9 Å². The van der Waals surface area contributed by atoms with Crippen LogP contribution in [0.3, 0.4) is 0 Å². The fourth-order valence-electron chi connectivity index (χ4n) is 1.50. The maximum atomic E-state index is 12.0. The molecule has 0 amide bonds. The first-order valence-corrected chi connectivity index (χ1v) is 6.92. The van der Waals surface area contributed by atoms with E-state index in [0.717, 1.165) is 0 Å². The van der Waals surface area contributed by atoms with Gasteiger partial charge in [0.15, 0.2) is 0 Å². The van der Waals surface area contributed by atoms with E-state index in [1.165, 1.54) is 10.4 Å². The van der Waals surface area contributed by atoms with Crippen LogP contribution >= 0.6 is 0 Å². The molecule has 0 saturated heterocycles. The molecule has 2 N–H and O–H groups in total. The summed E-state index contributed by atoms with van der Waals surface area (Å²) >= 11 is 0. The number of hydrogen-bond donors (Lipinski definition) is 2. The molecule has 0 radical (unpaired) electrons. The molecule has 0 atom stereocenters. The van der Waals surface area contributed by atoms with Crippen molar-refractivity contribution in [3.05, 3.63) is 23.8 Å². The molecular weight excluding hydrogens is 240 g/mol. The SMILES string of the molecule is CCN(CC)S(=O)(=O)Nc1cccc(O)c1C. The number of hydrogen-bond acceptors (Lipinski definition) is 3. The molecule has 0 unspecified atom stereocenters. The molecule has 1 aromatic rings. The van der Waals surface area contributed by atoms with Gasteiger partial charge in [-0.2, -0.15) is 12.7 Å². The Labute approximate surface area is 102 Å². The van der Waals surface area contributed by atoms with E-state index < -0.39 is 10.2 Å². The van der Waals surface area contributed by atoms with Gasteiger partial charge < -0.3 is 5.11 Å². The molecule has 1 rings (SSSR count). The van der Waals surface area contributed by atoms with Crippen LogP contribution in [0, 0.1) is 6.92 Å². The van der Waals surface area contributed by atoms with Crippen LogP contribution in [0.25, 0.3) is 0 Å². The maximum Gasteiger partial charge on any atom is 0.301 e. The number of phenols is 1. The normalized spacial score (nSPS) is 11.8. The summed E-state index contributed by atoms with van der Waals surface area (Å²) in [5, 5.41) is 9.50. The lowest BCUT2D eigenvalue weighted by molar-refractivity contribution is 0.449. The quantitative estimate of drug-likeness (QED) is 0.844. The van der Waals surface area contributed by atoms with Gasteiger partial charge in [0, 0.05) is 18.7 Å². The zero-order chi connectivity index (χ0) is 13.1. The van der Waals surface area contributed by atoms with E-state index in [9.17, 15) is 13.5 Å². The van der Waals surface area contributed by atoms with Crippen LogP contribution in [0.15, 0.2) is 18.2 Å². The summed E-state index contributed by atoms with van der Waals surface area (Å²) < 4.78 is 27.7. The standard InChI is InChI=1S/C11H18N2O3S/c1-4-13(5-2)17(15,16)12-10-7-6-8-11(14)9(10)3/h6-8,12,14H,4-5H2,1-3H3. The predicted molar refractivity (Wildman–Crippen MR) is 68.3 cm³/mol. The zero-order valence-corrected chi connectivity index (χ0v) is 11.1. The van der Waals surface area contributed by atoms with Gasteiger partial charge in [0.2, 0.25) is 0 Å². The molecular formula is C11H18N2O3S. The van der Waals surface area contributed by atoms with Gasteiger partial charge in [-0.3, -0.25) is 4.72 Å². The molecule has 0 aromatic heterocycles. The average molecular weight is 258 g/mol. The molecule has 0 aliphatic rings. The largest absolute Gasteiger partial charge is 0.508 e. The van der Waals surface area contributed by atoms with Crippen molar-refractivity contribution < 1.29 is 13.5 Å². The van der Waals surface area contributed by atoms with Crippen molar-refractivity contribution in [2.45, 2.75) is 20.8 Å². The first kappa shape index (κ1) is 13.8. The first-order valence-electron chi connectivity index (χ1n) is 5.48. The van der Waals surface area contributed by atoms with E-state index in [2.05, 4.69) is 4.72 Å². The van der Waals surface area contributed by atoms with E-state index >= 15 is 0 Å². The van der Waals surface area contributed by atoms with Crippen molar-refractivity contribution >= 4 is 15.9 Å². The zero-order valence-electron chi connectivity index (χ0n) is 10.3. The highest BCUT2D eigenvalue weighted by atomic mass is 32.2. The molecule has 5 nitrogen and oxygen atoms in total. The fraction of sp³-hybridized carbons (Fsp3) is 0.455. The van der Waals surface area contributed by atoms with Crippen LogP contribution < -0.4 is 4.72 Å². The molecule has 0 bridgehead atoms. The molecule has 0 aliphatic carbocycles. The van der Waals surface area contributed by atoms with Crippen molar-refractivity contribution in [3.63, 3.8) is 0 Å². The second-order valence-electron chi connectivity index (χ2n) is 3.64. The van der Waals surface area contributed by atoms with Crippen molar-refractivity contribution in [2.24, 2.45) is 0 Å². The number of nitrogens with zero attached hydrogens (tertiary/aromatic N) is 1. The molecule has 6 heteroatoms. The lowest BCUT2D eigenvalue weighted by Gasteiger charge is -2.20. The number of benzene rings is 1. The topological polar surface area (TPSA) is 69.6 Å². The van der Waals surface area contributed by atoms with Crippen LogP contribution in [-0.2, 0) is 10.2 Å². The van der Waals surface area contributed by atoms with Crippen molar-refractivity contribution in [1.29, 1.82) is 0 Å². The Hall–Kier alpha value is -1.27. The van der Waals surface area contributed by atoms with Crippen molar-refractivity contribution in [2.75, 3.05) is 17.8 Å². The average Bonchev–Trinajstić information content (AvgIpc) is 2.26. The summed E-state index contributed by atoms with van der Waals surface area (Å²) in [4.78, 5) is 0. The van der Waals surface area contributed by atoms with Gasteiger partial charge in [0.05, 0.1) is 5.69 Å². The van der Waals surface area contributed by atoms with E-state index in [1.807, 2.05) is 0 Å². The van der Waals surface area contributed by atoms with Gasteiger partial charge >= 0.3 is 10.2 Å². The molecule has 0 fully saturated rings. The molecule has 0 saturated carbocycles. The highest BCUT2D eigenvalue weighted by molar-refractivity contribution is 7.90. The first-order chi connectivity index (χ1) is 7.92. The molecule has 0 aliphatic heterocycles. The Bertz CT molecular complexity index is 481. The third kappa shape index (κ3) is 3.10. The second kappa shape index (κ2) is 5.37. The summed E-state index contributed by atoms with van der Waals surface area (Å²) in [5.41, 5.74) is 0.917. The Morgan fingerprint density at radius 2 is 1.88 bits per heavy atom. The van der Waals surface area contributed by atoms with E-state index in [0.29, 0.717) is 24.3 Å². The Morgan fingerprint density at radius 1 is 1.29 bits per heavy atom. The van der Waals surface area contributed by atoms with Crippen LogP contribution in [0.2, 0.25) is 0 Å². The maximum absolute atomic E-state index is 12.0. The van der Waals surface area contributed by atoms with Gasteiger partial charge in [0.25, 0.3) is 0 Å². The minimum atomic E-state index is -3.54.